The highest BCUT2D eigenvalue weighted by atomic mass is 32.2. The average Bonchev–Trinajstić information content (AvgIpc) is 2.98. The Bertz CT molecular complexity index is 1410. The van der Waals surface area contributed by atoms with Crippen molar-refractivity contribution in [1.82, 2.24) is 4.98 Å². The van der Waals surface area contributed by atoms with Crippen LogP contribution in [0.3, 0.4) is 0 Å². The molecular weight excluding hydrogens is 612 g/mol. The molecule has 1 saturated heterocycles. The highest BCUT2D eigenvalue weighted by Gasteiger charge is 2.58. The summed E-state index contributed by atoms with van der Waals surface area (Å²) in [7, 11) is 0. The van der Waals surface area contributed by atoms with Crippen molar-refractivity contribution < 1.29 is 52.4 Å². The van der Waals surface area contributed by atoms with Gasteiger partial charge in [-0.05, 0) is 29.8 Å². The van der Waals surface area contributed by atoms with E-state index in [0.717, 1.165) is 39.5 Å². The quantitative estimate of drug-likeness (QED) is 0.101. The number of carbonyl (C=O) groups excluding carboxylic acids is 5. The molecule has 2 aromatic rings. The summed E-state index contributed by atoms with van der Waals surface area (Å²) >= 11 is 0.913. The van der Waals surface area contributed by atoms with Crippen LogP contribution in [-0.2, 0) is 59.0 Å². The van der Waals surface area contributed by atoms with Crippen LogP contribution in [0.2, 0.25) is 0 Å². The molecule has 6 atom stereocenters. The van der Waals surface area contributed by atoms with Gasteiger partial charge in [-0.15, -0.1) is 0 Å². The number of azide groups is 1. The maximum atomic E-state index is 14.0. The van der Waals surface area contributed by atoms with Crippen molar-refractivity contribution in [2.75, 3.05) is 6.61 Å². The Morgan fingerprint density at radius 3 is 2.24 bits per heavy atom. The molecule has 1 aliphatic rings. The van der Waals surface area contributed by atoms with Gasteiger partial charge in [0.1, 0.15) is 31.5 Å². The van der Waals surface area contributed by atoms with E-state index < -0.39 is 71.8 Å². The Morgan fingerprint density at radius 2 is 1.67 bits per heavy atom. The van der Waals surface area contributed by atoms with E-state index in [1.807, 2.05) is 0 Å². The highest BCUT2D eigenvalue weighted by Crippen LogP contribution is 2.46. The minimum Gasteiger partial charge on any atom is -0.462 e. The second-order valence-electron chi connectivity index (χ2n) is 9.72. The number of pyridine rings is 1. The van der Waals surface area contributed by atoms with E-state index in [1.54, 1.807) is 48.5 Å². The van der Waals surface area contributed by atoms with Crippen molar-refractivity contribution in [2.45, 2.75) is 81.0 Å². The summed E-state index contributed by atoms with van der Waals surface area (Å²) in [5, 5.41) is 3.78. The van der Waals surface area contributed by atoms with Gasteiger partial charge in [-0.1, -0.05) is 41.1 Å². The van der Waals surface area contributed by atoms with Gasteiger partial charge in [-0.3, -0.25) is 24.2 Å². The maximum absolute atomic E-state index is 14.0. The molecule has 1 aromatic heterocycles. The molecule has 2 heterocycles. The van der Waals surface area contributed by atoms with Crippen molar-refractivity contribution in [3.05, 3.63) is 70.9 Å². The minimum absolute atomic E-state index is 0.251. The predicted octanol–water partition coefficient (Wildman–Crippen LogP) is 3.44. The summed E-state index contributed by atoms with van der Waals surface area (Å²) in [6.45, 7) is 3.52. The molecule has 0 N–H and O–H groups in total. The van der Waals surface area contributed by atoms with Crippen LogP contribution in [0.15, 0.2) is 64.7 Å². The molecule has 0 radical (unpaired) electrons. The molecule has 1 aliphatic heterocycles. The number of benzene rings is 1. The first-order valence-electron chi connectivity index (χ1n) is 13.6. The van der Waals surface area contributed by atoms with Gasteiger partial charge in [-0.25, -0.2) is 4.79 Å². The van der Waals surface area contributed by atoms with Crippen molar-refractivity contribution in [3.63, 3.8) is 0 Å². The summed E-state index contributed by atoms with van der Waals surface area (Å²) in [5.41, 5.74) is 9.92. The number of nitrogens with zero attached hydrogens (tertiary/aromatic N) is 4. The van der Waals surface area contributed by atoms with Gasteiger partial charge in [0.2, 0.25) is 4.93 Å². The summed E-state index contributed by atoms with van der Waals surface area (Å²) in [4.78, 5) is 68.0. The highest BCUT2D eigenvalue weighted by molar-refractivity contribution is 8.01. The molecule has 0 unspecified atom stereocenters. The molecule has 0 bridgehead atoms. The molecule has 1 aromatic carbocycles. The van der Waals surface area contributed by atoms with Gasteiger partial charge in [0.05, 0.1) is 5.69 Å². The third kappa shape index (κ3) is 10.2. The van der Waals surface area contributed by atoms with Crippen LogP contribution in [0.1, 0.15) is 39.8 Å². The van der Waals surface area contributed by atoms with Crippen molar-refractivity contribution in [3.8, 4) is 0 Å². The second kappa shape index (κ2) is 16.4. The van der Waals surface area contributed by atoms with E-state index in [9.17, 15) is 29.5 Å². The Labute approximate surface area is 262 Å². The van der Waals surface area contributed by atoms with Crippen molar-refractivity contribution >= 4 is 41.6 Å². The lowest BCUT2D eigenvalue weighted by atomic mass is 9.90. The minimum atomic E-state index is -2.01. The van der Waals surface area contributed by atoms with Gasteiger partial charge < -0.3 is 28.4 Å². The van der Waals surface area contributed by atoms with Gasteiger partial charge in [-0.2, -0.15) is 0 Å². The number of carbonyl (C=O) groups is 5. The van der Waals surface area contributed by atoms with Gasteiger partial charge in [0.25, 0.3) is 0 Å². The second-order valence-corrected chi connectivity index (χ2v) is 11.1. The first kappa shape index (κ1) is 34.8. The van der Waals surface area contributed by atoms with Crippen molar-refractivity contribution in [1.29, 1.82) is 0 Å². The molecule has 15 nitrogen and oxygen atoms in total. The Kier molecular flexibility index (Phi) is 12.7. The fourth-order valence-electron chi connectivity index (χ4n) is 4.53. The van der Waals surface area contributed by atoms with Crippen molar-refractivity contribution in [2.24, 2.45) is 5.11 Å². The average molecular weight is 645 g/mol. The van der Waals surface area contributed by atoms with Crippen LogP contribution < -0.4 is 0 Å². The summed E-state index contributed by atoms with van der Waals surface area (Å²) in [6.07, 6.45) is -4.94. The summed E-state index contributed by atoms with van der Waals surface area (Å²) < 4.78 is 33.6. The number of ether oxygens (including phenoxy) is 6. The van der Waals surface area contributed by atoms with E-state index in [0.29, 0.717) is 10.6 Å². The van der Waals surface area contributed by atoms with E-state index >= 15 is 0 Å². The molecule has 0 amide bonds. The van der Waals surface area contributed by atoms with Crippen LogP contribution in [-0.4, -0.2) is 76.8 Å². The molecule has 0 aliphatic carbocycles. The number of aromatic nitrogens is 1. The van der Waals surface area contributed by atoms with E-state index in [2.05, 4.69) is 15.0 Å². The zero-order chi connectivity index (χ0) is 33.0. The largest absolute Gasteiger partial charge is 0.462 e. The van der Waals surface area contributed by atoms with Gasteiger partial charge in [0.15, 0.2) is 12.2 Å². The summed E-state index contributed by atoms with van der Waals surface area (Å²) in [6, 6.07) is 12.2. The molecule has 45 heavy (non-hydrogen) atoms. The molecule has 16 heteroatoms. The molecule has 0 spiro atoms. The lowest BCUT2D eigenvalue weighted by molar-refractivity contribution is -0.222. The Balaban J connectivity index is 2.19. The molecule has 240 valence electrons. The topological polar surface area (TPSA) is 202 Å². The predicted molar refractivity (Wildman–Crippen MR) is 155 cm³/mol. The molecule has 1 fully saturated rings. The van der Waals surface area contributed by atoms with Crippen LogP contribution in [0.5, 0.6) is 0 Å². The molecular formula is C29H32N4O11S. The lowest BCUT2D eigenvalue weighted by Crippen LogP contribution is -2.63. The summed E-state index contributed by atoms with van der Waals surface area (Å²) in [5.74, 6) is -4.16. The standard InChI is InChI=1S/C29H32N4O11S/c1-17(34)39-16-24(42-19(3)36)26(43-20(4)37)27-25(32-33-30)23(41-18(2)35)14-29(44-27,45-22-11-6-5-7-12-22)28(38)40-15-21-10-8-9-13-31-21/h5-13,23-27H,14-16H2,1-4H3/t23-,24+,25+,26+,27+,29-/m0/s1. The Hall–Kier alpha value is -4.66. The number of hydrogen-bond donors (Lipinski definition) is 0. The number of hydrogen-bond acceptors (Lipinski definition) is 14. The van der Waals surface area contributed by atoms with Crippen LogP contribution in [0.25, 0.3) is 10.4 Å². The number of rotatable bonds is 13. The third-order valence-electron chi connectivity index (χ3n) is 6.19. The maximum Gasteiger partial charge on any atom is 0.350 e. The lowest BCUT2D eigenvalue weighted by Gasteiger charge is -2.47. The zero-order valence-electron chi connectivity index (χ0n) is 24.9. The fourth-order valence-corrected chi connectivity index (χ4v) is 5.75. The fraction of sp³-hybridized carbons (Fsp3) is 0.448. The number of esters is 5. The third-order valence-corrected chi connectivity index (χ3v) is 7.46. The smallest absolute Gasteiger partial charge is 0.350 e. The van der Waals surface area contributed by atoms with Gasteiger partial charge >= 0.3 is 29.8 Å². The number of thioether (sulfide) groups is 1. The SMILES string of the molecule is CC(=O)OC[C@@H](OC(C)=O)[C@@H](OC(C)=O)[C@@H]1O[C@@](Sc2ccccc2)(C(=O)OCc2ccccn2)C[C@H](OC(C)=O)[C@H]1N=[N+]=[N-]. The van der Waals surface area contributed by atoms with E-state index in [-0.39, 0.29) is 13.0 Å². The van der Waals surface area contributed by atoms with Gasteiger partial charge in [0, 0.05) is 50.1 Å². The first-order chi connectivity index (χ1) is 21.4. The van der Waals surface area contributed by atoms with Crippen LogP contribution in [0, 0.1) is 0 Å². The molecule has 0 saturated carbocycles. The van der Waals surface area contributed by atoms with E-state index in [4.69, 9.17) is 28.4 Å². The normalized spacial score (nSPS) is 22.0. The first-order valence-corrected chi connectivity index (χ1v) is 14.4. The van der Waals surface area contributed by atoms with E-state index in [1.165, 1.54) is 6.20 Å². The Morgan fingerprint density at radius 1 is 0.978 bits per heavy atom. The monoisotopic (exact) mass is 644 g/mol. The zero-order valence-corrected chi connectivity index (χ0v) is 25.7. The van der Waals surface area contributed by atoms with Crippen LogP contribution in [0.4, 0.5) is 0 Å². The van der Waals surface area contributed by atoms with Crippen LogP contribution >= 0.6 is 11.8 Å². The molecule has 3 rings (SSSR count).